The van der Waals surface area contributed by atoms with Crippen LogP contribution in [0, 0.1) is 35.5 Å². The van der Waals surface area contributed by atoms with Crippen molar-refractivity contribution >= 4 is 0 Å². The maximum Gasteiger partial charge on any atom is -0.0355 e. The van der Waals surface area contributed by atoms with Crippen molar-refractivity contribution in [2.24, 2.45) is 35.5 Å². The zero-order valence-electron chi connectivity index (χ0n) is 13.9. The van der Waals surface area contributed by atoms with E-state index in [1.165, 1.54) is 38.5 Å². The van der Waals surface area contributed by atoms with Crippen LogP contribution in [0.1, 0.15) is 90.9 Å². The summed E-state index contributed by atoms with van der Waals surface area (Å²) in [6, 6.07) is 0. The van der Waals surface area contributed by atoms with Crippen molar-refractivity contribution in [3.63, 3.8) is 0 Å². The van der Waals surface area contributed by atoms with Gasteiger partial charge in [-0.1, -0.05) is 71.6 Å². The molecule has 0 nitrogen and oxygen atoms in total. The second-order valence-electron chi connectivity index (χ2n) is 8.55. The summed E-state index contributed by atoms with van der Waals surface area (Å²) in [6.45, 7) is 5.17. The van der Waals surface area contributed by atoms with Crippen molar-refractivity contribution in [2.45, 2.75) is 90.9 Å². The van der Waals surface area contributed by atoms with Crippen LogP contribution in [-0.4, -0.2) is 0 Å². The minimum absolute atomic E-state index is 1.00. The van der Waals surface area contributed by atoms with E-state index in [9.17, 15) is 0 Å². The Bertz CT molecular complexity index is 288. The molecule has 0 aliphatic heterocycles. The first-order valence-corrected chi connectivity index (χ1v) is 9.75. The topological polar surface area (TPSA) is 0 Å². The van der Waals surface area contributed by atoms with Gasteiger partial charge in [-0.25, -0.2) is 0 Å². The monoisotopic (exact) mass is 276 g/mol. The molecule has 0 aromatic carbocycles. The van der Waals surface area contributed by atoms with Crippen LogP contribution in [0.4, 0.5) is 0 Å². The van der Waals surface area contributed by atoms with Crippen LogP contribution in [0.25, 0.3) is 0 Å². The van der Waals surface area contributed by atoms with Gasteiger partial charge >= 0.3 is 0 Å². The fraction of sp³-hybridized carbons (Fsp3) is 1.00. The highest BCUT2D eigenvalue weighted by Crippen LogP contribution is 2.49. The standard InChI is InChI=1S/C20H36/c1-15-12-13-19(16(2)17-8-4-3-5-9-17)20-11-7-6-10-18(20)14-15/h15-20H,3-14H2,1-2H3. The molecule has 0 aromatic heterocycles. The molecule has 0 amide bonds. The largest absolute Gasteiger partial charge is 0.0625 e. The van der Waals surface area contributed by atoms with Crippen molar-refractivity contribution in [3.8, 4) is 0 Å². The van der Waals surface area contributed by atoms with Gasteiger partial charge in [-0.2, -0.15) is 0 Å². The van der Waals surface area contributed by atoms with E-state index in [0.29, 0.717) is 0 Å². The van der Waals surface area contributed by atoms with E-state index in [4.69, 9.17) is 0 Å². The Morgan fingerprint density at radius 3 is 2.25 bits per heavy atom. The summed E-state index contributed by atoms with van der Waals surface area (Å²) >= 11 is 0. The number of rotatable bonds is 2. The van der Waals surface area contributed by atoms with Gasteiger partial charge in [0.15, 0.2) is 0 Å². The van der Waals surface area contributed by atoms with Gasteiger partial charge in [-0.15, -0.1) is 0 Å². The molecule has 116 valence electrons. The minimum Gasteiger partial charge on any atom is -0.0625 e. The van der Waals surface area contributed by atoms with Gasteiger partial charge in [0.1, 0.15) is 0 Å². The molecule has 3 fully saturated rings. The van der Waals surface area contributed by atoms with E-state index in [0.717, 1.165) is 35.5 Å². The predicted molar refractivity (Wildman–Crippen MR) is 87.7 cm³/mol. The predicted octanol–water partition coefficient (Wildman–Crippen LogP) is 6.45. The fourth-order valence-electron chi connectivity index (χ4n) is 6.08. The Morgan fingerprint density at radius 2 is 1.45 bits per heavy atom. The smallest absolute Gasteiger partial charge is 0.0355 e. The molecule has 3 aliphatic rings. The van der Waals surface area contributed by atoms with E-state index >= 15 is 0 Å². The zero-order valence-corrected chi connectivity index (χ0v) is 13.9. The first-order chi connectivity index (χ1) is 9.75. The third kappa shape index (κ3) is 3.25. The summed E-state index contributed by atoms with van der Waals surface area (Å²) in [7, 11) is 0. The van der Waals surface area contributed by atoms with Crippen LogP contribution >= 0.6 is 0 Å². The minimum atomic E-state index is 1.00. The molecular weight excluding hydrogens is 240 g/mol. The molecule has 3 aliphatic carbocycles. The maximum atomic E-state index is 2.64. The van der Waals surface area contributed by atoms with Crippen LogP contribution in [0.15, 0.2) is 0 Å². The normalized spacial score (nSPS) is 41.7. The summed E-state index contributed by atoms with van der Waals surface area (Å²) in [5.41, 5.74) is 0. The van der Waals surface area contributed by atoms with E-state index < -0.39 is 0 Å². The molecule has 20 heavy (non-hydrogen) atoms. The molecular formula is C20H36. The molecule has 0 radical (unpaired) electrons. The fourth-order valence-corrected chi connectivity index (χ4v) is 6.08. The van der Waals surface area contributed by atoms with Gasteiger partial charge in [0.25, 0.3) is 0 Å². The van der Waals surface area contributed by atoms with Gasteiger partial charge in [-0.3, -0.25) is 0 Å². The van der Waals surface area contributed by atoms with E-state index in [1.54, 1.807) is 38.5 Å². The van der Waals surface area contributed by atoms with Gasteiger partial charge in [-0.05, 0) is 54.8 Å². The third-order valence-electron chi connectivity index (χ3n) is 7.28. The average Bonchev–Trinajstić information content (AvgIpc) is 2.66. The Kier molecular flexibility index (Phi) is 5.10. The molecule has 3 saturated carbocycles. The molecule has 0 spiro atoms. The molecule has 3 rings (SSSR count). The lowest BCUT2D eigenvalue weighted by molar-refractivity contribution is 0.0817. The summed E-state index contributed by atoms with van der Waals surface area (Å²) < 4.78 is 0. The molecule has 0 saturated heterocycles. The quantitative estimate of drug-likeness (QED) is 0.544. The number of hydrogen-bond acceptors (Lipinski definition) is 0. The summed E-state index contributed by atoms with van der Waals surface area (Å²) in [6.07, 6.45) is 18.5. The van der Waals surface area contributed by atoms with Crippen LogP contribution < -0.4 is 0 Å². The molecule has 5 atom stereocenters. The average molecular weight is 277 g/mol. The van der Waals surface area contributed by atoms with Gasteiger partial charge in [0.2, 0.25) is 0 Å². The lowest BCUT2D eigenvalue weighted by atomic mass is 9.64. The first kappa shape index (κ1) is 14.9. The maximum absolute atomic E-state index is 2.64. The van der Waals surface area contributed by atoms with Crippen molar-refractivity contribution in [3.05, 3.63) is 0 Å². The Balaban J connectivity index is 1.71. The zero-order chi connectivity index (χ0) is 13.9. The van der Waals surface area contributed by atoms with Crippen LogP contribution in [0.3, 0.4) is 0 Å². The number of fused-ring (bicyclic) bond motifs is 1. The van der Waals surface area contributed by atoms with Crippen molar-refractivity contribution in [2.75, 3.05) is 0 Å². The SMILES string of the molecule is CC1CCC(C(C)C2CCCCC2)C2CCCCC2C1. The van der Waals surface area contributed by atoms with Crippen LogP contribution in [-0.2, 0) is 0 Å². The second kappa shape index (κ2) is 6.84. The van der Waals surface area contributed by atoms with Crippen molar-refractivity contribution in [1.29, 1.82) is 0 Å². The summed E-state index contributed by atoms with van der Waals surface area (Å²) in [5.74, 6) is 6.37. The lowest BCUT2D eigenvalue weighted by Gasteiger charge is -2.42. The van der Waals surface area contributed by atoms with E-state index in [2.05, 4.69) is 13.8 Å². The number of hydrogen-bond donors (Lipinski definition) is 0. The van der Waals surface area contributed by atoms with Gasteiger partial charge in [0, 0.05) is 0 Å². The van der Waals surface area contributed by atoms with Crippen LogP contribution in [0.2, 0.25) is 0 Å². The highest BCUT2D eigenvalue weighted by molar-refractivity contribution is 4.89. The molecule has 0 heteroatoms. The summed E-state index contributed by atoms with van der Waals surface area (Å²) in [4.78, 5) is 0. The Morgan fingerprint density at radius 1 is 0.750 bits per heavy atom. The molecule has 5 unspecified atom stereocenters. The molecule has 0 aromatic rings. The summed E-state index contributed by atoms with van der Waals surface area (Å²) in [5, 5.41) is 0. The lowest BCUT2D eigenvalue weighted by Crippen LogP contribution is -2.33. The third-order valence-corrected chi connectivity index (χ3v) is 7.28. The van der Waals surface area contributed by atoms with Crippen molar-refractivity contribution in [1.82, 2.24) is 0 Å². The highest BCUT2D eigenvalue weighted by Gasteiger charge is 2.39. The van der Waals surface area contributed by atoms with Gasteiger partial charge < -0.3 is 0 Å². The Hall–Kier alpha value is 0. The van der Waals surface area contributed by atoms with E-state index in [1.807, 2.05) is 0 Å². The molecule has 0 N–H and O–H groups in total. The second-order valence-corrected chi connectivity index (χ2v) is 8.55. The highest BCUT2D eigenvalue weighted by atomic mass is 14.4. The molecule has 0 heterocycles. The van der Waals surface area contributed by atoms with Crippen LogP contribution in [0.5, 0.6) is 0 Å². The van der Waals surface area contributed by atoms with Crippen molar-refractivity contribution < 1.29 is 0 Å². The van der Waals surface area contributed by atoms with Gasteiger partial charge in [0.05, 0.1) is 0 Å². The Labute approximate surface area is 127 Å². The first-order valence-electron chi connectivity index (χ1n) is 9.75. The van der Waals surface area contributed by atoms with E-state index in [-0.39, 0.29) is 0 Å². The molecule has 0 bridgehead atoms.